The summed E-state index contributed by atoms with van der Waals surface area (Å²) in [5, 5.41) is 0. The molecule has 71 valence electrons. The summed E-state index contributed by atoms with van der Waals surface area (Å²) < 4.78 is 0. The highest BCUT2D eigenvalue weighted by atomic mass is 13.9. The van der Waals surface area contributed by atoms with Crippen LogP contribution in [0.4, 0.5) is 0 Å². The van der Waals surface area contributed by atoms with Gasteiger partial charge in [-0.2, -0.15) is 0 Å². The van der Waals surface area contributed by atoms with Gasteiger partial charge in [-0.05, 0) is 44.9 Å². The zero-order valence-electron chi connectivity index (χ0n) is 8.28. The number of hydrogen-bond donors (Lipinski definition) is 0. The van der Waals surface area contributed by atoms with E-state index in [0.717, 1.165) is 12.8 Å². The van der Waals surface area contributed by atoms with Crippen molar-refractivity contribution in [2.75, 3.05) is 0 Å². The van der Waals surface area contributed by atoms with Gasteiger partial charge in [-0.1, -0.05) is 36.5 Å². The van der Waals surface area contributed by atoms with Gasteiger partial charge in [0.25, 0.3) is 0 Å². The first-order chi connectivity index (χ1) is 6.50. The molecule has 0 fully saturated rings. The van der Waals surface area contributed by atoms with Crippen LogP contribution in [0.1, 0.15) is 38.5 Å². The zero-order valence-corrected chi connectivity index (χ0v) is 8.28. The Morgan fingerprint density at radius 1 is 0.615 bits per heavy atom. The van der Waals surface area contributed by atoms with Crippen LogP contribution in [0.2, 0.25) is 0 Å². The van der Waals surface area contributed by atoms with E-state index in [2.05, 4.69) is 42.9 Å². The third-order valence-electron chi connectivity index (χ3n) is 2.14. The highest BCUT2D eigenvalue weighted by Gasteiger charge is 1.84. The molecule has 1 rings (SSSR count). The van der Waals surface area contributed by atoms with E-state index in [1.54, 1.807) is 0 Å². The third kappa shape index (κ3) is 6.39. The fourth-order valence-corrected chi connectivity index (χ4v) is 1.36. The maximum absolute atomic E-state index is 2.30. The van der Waals surface area contributed by atoms with Crippen molar-refractivity contribution < 1.29 is 0 Å². The van der Waals surface area contributed by atoms with Crippen molar-refractivity contribution >= 4 is 0 Å². The van der Waals surface area contributed by atoms with Crippen molar-refractivity contribution in [1.29, 1.82) is 0 Å². The summed E-state index contributed by atoms with van der Waals surface area (Å²) in [7, 11) is 0. The molecule has 0 N–H and O–H groups in total. The van der Waals surface area contributed by atoms with E-state index in [4.69, 9.17) is 0 Å². The molecule has 0 heterocycles. The van der Waals surface area contributed by atoms with Crippen molar-refractivity contribution in [3.05, 3.63) is 42.9 Å². The monoisotopic (exact) mass is 175 g/mol. The molecule has 0 bridgehead atoms. The molecule has 1 aliphatic rings. The Hall–Kier alpha value is -0.780. The largest absolute Gasteiger partial charge is 0.0885 e. The van der Waals surface area contributed by atoms with Crippen LogP contribution < -0.4 is 0 Å². The van der Waals surface area contributed by atoms with Gasteiger partial charge in [-0.15, -0.1) is 0 Å². The molecule has 0 aliphatic heterocycles. The summed E-state index contributed by atoms with van der Waals surface area (Å²) in [4.78, 5) is 0. The number of allylic oxidation sites excluding steroid dienone is 6. The molecule has 0 nitrogen and oxygen atoms in total. The molecule has 0 aromatic heterocycles. The Balaban J connectivity index is 2.28. The van der Waals surface area contributed by atoms with Crippen molar-refractivity contribution in [3.8, 4) is 0 Å². The van der Waals surface area contributed by atoms with Crippen LogP contribution >= 0.6 is 0 Å². The van der Waals surface area contributed by atoms with Crippen LogP contribution in [-0.4, -0.2) is 0 Å². The minimum atomic E-state index is 1.08. The van der Waals surface area contributed by atoms with Gasteiger partial charge < -0.3 is 0 Å². The van der Waals surface area contributed by atoms with Crippen molar-refractivity contribution in [1.82, 2.24) is 0 Å². The van der Waals surface area contributed by atoms with E-state index in [9.17, 15) is 0 Å². The van der Waals surface area contributed by atoms with E-state index in [0.29, 0.717) is 0 Å². The summed E-state index contributed by atoms with van der Waals surface area (Å²) in [5.41, 5.74) is 0. The van der Waals surface area contributed by atoms with Crippen LogP contribution in [0.15, 0.2) is 36.5 Å². The number of rotatable bonds is 0. The Kier molecular flexibility index (Phi) is 6.22. The second-order valence-corrected chi connectivity index (χ2v) is 3.36. The first-order valence-corrected chi connectivity index (χ1v) is 5.28. The first-order valence-electron chi connectivity index (χ1n) is 5.28. The molecule has 0 atom stereocenters. The Bertz CT molecular complexity index is 184. The summed E-state index contributed by atoms with van der Waals surface area (Å²) in [6, 6.07) is 0. The molecule has 0 spiro atoms. The molecule has 0 heteroatoms. The molecule has 0 saturated heterocycles. The Morgan fingerprint density at radius 2 is 1.31 bits per heavy atom. The SMILES string of the molecule is [CH]1/C=C/C/C=C/CCCC/C=C/C1. The lowest BCUT2D eigenvalue weighted by atomic mass is 10.1. The van der Waals surface area contributed by atoms with Crippen molar-refractivity contribution in [3.63, 3.8) is 0 Å². The summed E-state index contributed by atoms with van der Waals surface area (Å²) >= 11 is 0. The van der Waals surface area contributed by atoms with E-state index >= 15 is 0 Å². The molecular weight excluding hydrogens is 156 g/mol. The van der Waals surface area contributed by atoms with Crippen LogP contribution in [0, 0.1) is 6.42 Å². The van der Waals surface area contributed by atoms with Crippen molar-refractivity contribution in [2.24, 2.45) is 0 Å². The molecule has 0 aromatic rings. The smallest absolute Gasteiger partial charge is 0.0133 e. The maximum Gasteiger partial charge on any atom is -0.0133 e. The minimum absolute atomic E-state index is 1.08. The first kappa shape index (κ1) is 10.3. The second-order valence-electron chi connectivity index (χ2n) is 3.36. The molecule has 13 heavy (non-hydrogen) atoms. The molecule has 1 radical (unpaired) electrons. The fourth-order valence-electron chi connectivity index (χ4n) is 1.36. The summed E-state index contributed by atoms with van der Waals surface area (Å²) in [6.07, 6.45) is 23.0. The average Bonchev–Trinajstić information content (AvgIpc) is 2.18. The standard InChI is InChI=1S/C13H19/c1-2-4-6-8-10-12-13-11-9-7-5-3-1/h1-3,6-9H,4-5,10-13H2/b2-1+,8-6+,9-7+. The van der Waals surface area contributed by atoms with Gasteiger partial charge in [0, 0.05) is 0 Å². The number of hydrogen-bond acceptors (Lipinski definition) is 0. The van der Waals surface area contributed by atoms with Crippen molar-refractivity contribution in [2.45, 2.75) is 38.5 Å². The highest BCUT2D eigenvalue weighted by molar-refractivity contribution is 5.02. The highest BCUT2D eigenvalue weighted by Crippen LogP contribution is 2.04. The molecular formula is C13H19. The van der Waals surface area contributed by atoms with Gasteiger partial charge in [-0.25, -0.2) is 0 Å². The molecule has 1 aliphatic carbocycles. The van der Waals surface area contributed by atoms with Crippen LogP contribution in [-0.2, 0) is 0 Å². The predicted octanol–water partition coefficient (Wildman–Crippen LogP) is 4.21. The summed E-state index contributed by atoms with van der Waals surface area (Å²) in [6.45, 7) is 0. The lowest BCUT2D eigenvalue weighted by Crippen LogP contribution is -1.72. The van der Waals surface area contributed by atoms with Gasteiger partial charge in [0.15, 0.2) is 0 Å². The minimum Gasteiger partial charge on any atom is -0.0885 e. The normalized spacial score (nSPS) is 27.7. The Labute approximate surface area is 82.0 Å². The van der Waals surface area contributed by atoms with Crippen LogP contribution in [0.3, 0.4) is 0 Å². The van der Waals surface area contributed by atoms with Gasteiger partial charge in [0.2, 0.25) is 0 Å². The topological polar surface area (TPSA) is 0 Å². The fraction of sp³-hybridized carbons (Fsp3) is 0.462. The van der Waals surface area contributed by atoms with Crippen LogP contribution in [0.5, 0.6) is 0 Å². The molecule has 0 saturated carbocycles. The van der Waals surface area contributed by atoms with Gasteiger partial charge >= 0.3 is 0 Å². The molecule has 0 aromatic carbocycles. The predicted molar refractivity (Wildman–Crippen MR) is 59.4 cm³/mol. The van der Waals surface area contributed by atoms with Gasteiger partial charge in [0.1, 0.15) is 0 Å². The lowest BCUT2D eigenvalue weighted by molar-refractivity contribution is 0.760. The van der Waals surface area contributed by atoms with E-state index in [-0.39, 0.29) is 0 Å². The third-order valence-corrected chi connectivity index (χ3v) is 2.14. The average molecular weight is 175 g/mol. The van der Waals surface area contributed by atoms with Crippen LogP contribution in [0.25, 0.3) is 0 Å². The zero-order chi connectivity index (χ0) is 9.19. The van der Waals surface area contributed by atoms with E-state index in [1.807, 2.05) is 0 Å². The summed E-state index contributed by atoms with van der Waals surface area (Å²) in [5.74, 6) is 0. The molecule has 0 amide bonds. The molecule has 0 unspecified atom stereocenters. The lowest BCUT2D eigenvalue weighted by Gasteiger charge is -1.92. The van der Waals surface area contributed by atoms with E-state index in [1.165, 1.54) is 25.7 Å². The quantitative estimate of drug-likeness (QED) is 0.484. The maximum atomic E-state index is 2.30. The van der Waals surface area contributed by atoms with E-state index < -0.39 is 0 Å². The second kappa shape index (κ2) is 7.85. The van der Waals surface area contributed by atoms with Gasteiger partial charge in [-0.3, -0.25) is 0 Å². The Morgan fingerprint density at radius 3 is 2.08 bits per heavy atom. The van der Waals surface area contributed by atoms with Gasteiger partial charge in [0.05, 0.1) is 0 Å².